The third kappa shape index (κ3) is 4.83. The Hall–Kier alpha value is -2.55. The van der Waals surface area contributed by atoms with Crippen LogP contribution >= 0.6 is 0 Å². The zero-order valence-corrected chi connectivity index (χ0v) is 15.9. The van der Waals surface area contributed by atoms with Crippen molar-refractivity contribution in [1.82, 2.24) is 20.0 Å². The number of benzene rings is 1. The number of hydrogen-bond donors (Lipinski definition) is 1. The van der Waals surface area contributed by atoms with Crippen molar-refractivity contribution in [3.63, 3.8) is 0 Å². The second-order valence-corrected chi connectivity index (χ2v) is 6.54. The highest BCUT2D eigenvalue weighted by molar-refractivity contribution is 5.80. The maximum atomic E-state index is 13.0. The van der Waals surface area contributed by atoms with Crippen LogP contribution in [0.2, 0.25) is 0 Å². The number of nitrogens with zero attached hydrogens (tertiary/aromatic N) is 4. The fraction of sp³-hybridized carbons (Fsp3) is 0.474. The summed E-state index contributed by atoms with van der Waals surface area (Å²) in [6.07, 6.45) is -3.10. The summed E-state index contributed by atoms with van der Waals surface area (Å²) in [6.45, 7) is 4.59. The first kappa shape index (κ1) is 20.2. The summed E-state index contributed by atoms with van der Waals surface area (Å²) < 4.78 is 46.6. The number of ether oxygens (including phenoxy) is 1. The molecule has 1 N–H and O–H groups in total. The van der Waals surface area contributed by atoms with Gasteiger partial charge in [0.1, 0.15) is 6.10 Å². The Kier molecular flexibility index (Phi) is 6.23. The minimum atomic E-state index is -4.37. The Morgan fingerprint density at radius 3 is 2.86 bits per heavy atom. The Bertz CT molecular complexity index is 818. The van der Waals surface area contributed by atoms with E-state index in [1.807, 2.05) is 24.9 Å². The molecule has 1 aliphatic heterocycles. The lowest BCUT2D eigenvalue weighted by molar-refractivity contribution is -0.137. The Labute approximate surface area is 162 Å². The maximum absolute atomic E-state index is 13.0. The molecule has 1 unspecified atom stereocenters. The molecule has 1 saturated heterocycles. The summed E-state index contributed by atoms with van der Waals surface area (Å²) in [6, 6.07) is 7.22. The van der Waals surface area contributed by atoms with Crippen molar-refractivity contribution in [2.24, 2.45) is 12.0 Å². The third-order valence-corrected chi connectivity index (χ3v) is 4.60. The second-order valence-electron chi connectivity index (χ2n) is 6.54. The van der Waals surface area contributed by atoms with Gasteiger partial charge < -0.3 is 15.0 Å². The number of guanidine groups is 1. The van der Waals surface area contributed by atoms with Gasteiger partial charge in [-0.3, -0.25) is 4.68 Å². The molecule has 2 aromatic rings. The predicted octanol–water partition coefficient (Wildman–Crippen LogP) is 2.98. The Morgan fingerprint density at radius 1 is 1.36 bits per heavy atom. The molecule has 152 valence electrons. The number of morpholine rings is 1. The van der Waals surface area contributed by atoms with Crippen molar-refractivity contribution in [1.29, 1.82) is 0 Å². The van der Waals surface area contributed by atoms with Crippen molar-refractivity contribution in [2.75, 3.05) is 26.2 Å². The first-order valence-electron chi connectivity index (χ1n) is 9.17. The van der Waals surface area contributed by atoms with Gasteiger partial charge in [0.15, 0.2) is 5.96 Å². The molecule has 0 bridgehead atoms. The number of aryl methyl sites for hydroxylation is 1. The minimum Gasteiger partial charge on any atom is -0.370 e. The van der Waals surface area contributed by atoms with Crippen LogP contribution in [-0.4, -0.2) is 46.9 Å². The normalized spacial score (nSPS) is 18.4. The van der Waals surface area contributed by atoms with Crippen LogP contribution in [0.25, 0.3) is 0 Å². The summed E-state index contributed by atoms with van der Waals surface area (Å²) in [5.74, 6) is 0.712. The molecule has 1 aliphatic rings. The van der Waals surface area contributed by atoms with E-state index in [4.69, 9.17) is 4.74 Å². The zero-order valence-electron chi connectivity index (χ0n) is 15.9. The fourth-order valence-corrected chi connectivity index (χ4v) is 3.10. The molecular formula is C19H24F3N5O. The van der Waals surface area contributed by atoms with Crippen LogP contribution in [-0.2, 0) is 24.5 Å². The van der Waals surface area contributed by atoms with E-state index in [1.54, 1.807) is 16.9 Å². The van der Waals surface area contributed by atoms with E-state index in [1.165, 1.54) is 6.07 Å². The molecule has 0 amide bonds. The van der Waals surface area contributed by atoms with Crippen molar-refractivity contribution < 1.29 is 17.9 Å². The Morgan fingerprint density at radius 2 is 2.18 bits per heavy atom. The highest BCUT2D eigenvalue weighted by Gasteiger charge is 2.32. The summed E-state index contributed by atoms with van der Waals surface area (Å²) in [4.78, 5) is 6.68. The van der Waals surface area contributed by atoms with Gasteiger partial charge in [0.25, 0.3) is 0 Å². The summed E-state index contributed by atoms with van der Waals surface area (Å²) >= 11 is 0. The Balaban J connectivity index is 1.76. The number of hydrogen-bond acceptors (Lipinski definition) is 3. The SMILES string of the molecule is CCNC(=NCc1ccnn1C)N1CCOC(c2cccc(C(F)(F)F)c2)C1. The number of nitrogens with one attached hydrogen (secondary N) is 1. The van der Waals surface area contributed by atoms with Crippen molar-refractivity contribution in [2.45, 2.75) is 25.7 Å². The molecule has 1 aromatic heterocycles. The van der Waals surface area contributed by atoms with Crippen LogP contribution in [0.1, 0.15) is 29.8 Å². The number of aliphatic imine (C=N–C) groups is 1. The molecule has 2 heterocycles. The van der Waals surface area contributed by atoms with Crippen LogP contribution in [0.3, 0.4) is 0 Å². The van der Waals surface area contributed by atoms with Gasteiger partial charge in [0.05, 0.1) is 31.0 Å². The van der Waals surface area contributed by atoms with Crippen molar-refractivity contribution in [3.05, 3.63) is 53.3 Å². The van der Waals surface area contributed by atoms with Crippen LogP contribution in [0.4, 0.5) is 13.2 Å². The van der Waals surface area contributed by atoms with E-state index in [9.17, 15) is 13.2 Å². The van der Waals surface area contributed by atoms with E-state index >= 15 is 0 Å². The zero-order chi connectivity index (χ0) is 20.1. The van der Waals surface area contributed by atoms with Gasteiger partial charge >= 0.3 is 6.18 Å². The molecule has 0 saturated carbocycles. The van der Waals surface area contributed by atoms with Crippen LogP contribution in [0.5, 0.6) is 0 Å². The average molecular weight is 395 g/mol. The lowest BCUT2D eigenvalue weighted by Crippen LogP contribution is -2.48. The molecule has 0 spiro atoms. The number of halogens is 3. The van der Waals surface area contributed by atoms with Gasteiger partial charge in [-0.05, 0) is 30.7 Å². The topological polar surface area (TPSA) is 54.7 Å². The number of aromatic nitrogens is 2. The fourth-order valence-electron chi connectivity index (χ4n) is 3.10. The molecule has 6 nitrogen and oxygen atoms in total. The summed E-state index contributed by atoms with van der Waals surface area (Å²) in [5, 5.41) is 7.39. The first-order valence-corrected chi connectivity index (χ1v) is 9.17. The van der Waals surface area contributed by atoms with E-state index in [2.05, 4.69) is 15.4 Å². The third-order valence-electron chi connectivity index (χ3n) is 4.60. The van der Waals surface area contributed by atoms with Gasteiger partial charge in [-0.15, -0.1) is 0 Å². The smallest absolute Gasteiger partial charge is 0.370 e. The maximum Gasteiger partial charge on any atom is 0.416 e. The average Bonchev–Trinajstić information content (AvgIpc) is 3.09. The molecule has 28 heavy (non-hydrogen) atoms. The van der Waals surface area contributed by atoms with Crippen LogP contribution < -0.4 is 5.32 Å². The minimum absolute atomic E-state index is 0.414. The van der Waals surface area contributed by atoms with Gasteiger partial charge in [0.2, 0.25) is 0 Å². The lowest BCUT2D eigenvalue weighted by atomic mass is 10.0. The summed E-state index contributed by atoms with van der Waals surface area (Å²) in [5.41, 5.74) is 0.822. The van der Waals surface area contributed by atoms with Gasteiger partial charge in [-0.2, -0.15) is 18.3 Å². The molecule has 1 atom stereocenters. The molecule has 0 radical (unpaired) electrons. The quantitative estimate of drug-likeness (QED) is 0.639. The molecule has 1 aromatic carbocycles. The van der Waals surface area contributed by atoms with Gasteiger partial charge in [-0.1, -0.05) is 12.1 Å². The van der Waals surface area contributed by atoms with Gasteiger partial charge in [0, 0.05) is 26.3 Å². The number of alkyl halides is 3. The highest BCUT2D eigenvalue weighted by Crippen LogP contribution is 2.32. The second kappa shape index (κ2) is 8.64. The largest absolute Gasteiger partial charge is 0.416 e. The monoisotopic (exact) mass is 395 g/mol. The molecule has 1 fully saturated rings. The van der Waals surface area contributed by atoms with E-state index in [0.717, 1.165) is 17.8 Å². The molecular weight excluding hydrogens is 371 g/mol. The first-order chi connectivity index (χ1) is 13.4. The van der Waals surface area contributed by atoms with E-state index in [-0.39, 0.29) is 0 Å². The van der Waals surface area contributed by atoms with E-state index < -0.39 is 17.8 Å². The van der Waals surface area contributed by atoms with E-state index in [0.29, 0.717) is 44.3 Å². The standard InChI is InChI=1S/C19H24F3N5O/c1-3-23-18(24-12-16-7-8-25-26(16)2)27-9-10-28-17(13-27)14-5-4-6-15(11-14)19(20,21)22/h4-8,11,17H,3,9-10,12-13H2,1-2H3,(H,23,24). The number of rotatable bonds is 4. The molecule has 3 rings (SSSR count). The van der Waals surface area contributed by atoms with Crippen LogP contribution in [0, 0.1) is 0 Å². The molecule has 0 aliphatic carbocycles. The molecule has 9 heteroatoms. The predicted molar refractivity (Wildman–Crippen MR) is 99.7 cm³/mol. The highest BCUT2D eigenvalue weighted by atomic mass is 19.4. The summed E-state index contributed by atoms with van der Waals surface area (Å²) in [7, 11) is 1.86. The van der Waals surface area contributed by atoms with Gasteiger partial charge in [-0.25, -0.2) is 4.99 Å². The van der Waals surface area contributed by atoms with Crippen molar-refractivity contribution >= 4 is 5.96 Å². The lowest BCUT2D eigenvalue weighted by Gasteiger charge is -2.35. The van der Waals surface area contributed by atoms with Crippen LogP contribution in [0.15, 0.2) is 41.5 Å². The van der Waals surface area contributed by atoms with Crippen molar-refractivity contribution in [3.8, 4) is 0 Å².